The van der Waals surface area contributed by atoms with Crippen LogP contribution in [0.2, 0.25) is 0 Å². The zero-order valence-electron chi connectivity index (χ0n) is 16.7. The van der Waals surface area contributed by atoms with Gasteiger partial charge >= 0.3 is 0 Å². The van der Waals surface area contributed by atoms with Gasteiger partial charge in [0.25, 0.3) is 10.0 Å². The average molecular weight is 406 g/mol. The van der Waals surface area contributed by atoms with Crippen LogP contribution in [0, 0.1) is 6.92 Å². The number of likely N-dealkylation sites (N-methyl/N-ethyl adjacent to an activating group) is 1. The van der Waals surface area contributed by atoms with E-state index in [1.165, 1.54) is 13.2 Å². The molecule has 1 N–H and O–H groups in total. The number of anilines is 1. The van der Waals surface area contributed by atoms with Gasteiger partial charge in [-0.2, -0.15) is 0 Å². The Labute approximate surface area is 167 Å². The number of sulfonamides is 1. The van der Waals surface area contributed by atoms with E-state index in [0.717, 1.165) is 4.31 Å². The molecule has 8 heteroatoms. The Hall–Kier alpha value is -2.58. The molecule has 0 spiro atoms. The highest BCUT2D eigenvalue weighted by atomic mass is 32.2. The van der Waals surface area contributed by atoms with Gasteiger partial charge in [-0.3, -0.25) is 9.10 Å². The molecule has 0 saturated carbocycles. The van der Waals surface area contributed by atoms with E-state index in [4.69, 9.17) is 4.74 Å². The fourth-order valence-electron chi connectivity index (χ4n) is 2.65. The van der Waals surface area contributed by atoms with Gasteiger partial charge in [-0.25, -0.2) is 8.42 Å². The number of hydrogen-bond acceptors (Lipinski definition) is 5. The molecule has 152 valence electrons. The van der Waals surface area contributed by atoms with Gasteiger partial charge in [0.1, 0.15) is 12.3 Å². The molecule has 0 aliphatic carbocycles. The summed E-state index contributed by atoms with van der Waals surface area (Å²) in [5.74, 6) is 0.242. The Kier molecular flexibility index (Phi) is 7.42. The van der Waals surface area contributed by atoms with Gasteiger partial charge in [0.15, 0.2) is 0 Å². The number of carbonyl (C=O) groups is 1. The lowest BCUT2D eigenvalue weighted by Gasteiger charge is -2.24. The standard InChI is InChI=1S/C20H27N3O4S/c1-16-14-18(10-11-19(16)27-4)28(25,26)23(17-8-6-5-7-9-17)15-20(24)21-12-13-22(2)3/h5-11,14H,12-13,15H2,1-4H3,(H,21,24). The Balaban J connectivity index is 2.33. The van der Waals surface area contributed by atoms with E-state index in [1.54, 1.807) is 49.4 Å². The van der Waals surface area contributed by atoms with E-state index < -0.39 is 10.0 Å². The van der Waals surface area contributed by atoms with Crippen molar-refractivity contribution in [2.45, 2.75) is 11.8 Å². The minimum Gasteiger partial charge on any atom is -0.496 e. The van der Waals surface area contributed by atoms with E-state index >= 15 is 0 Å². The summed E-state index contributed by atoms with van der Waals surface area (Å²) in [6.45, 7) is 2.58. The summed E-state index contributed by atoms with van der Waals surface area (Å²) >= 11 is 0. The topological polar surface area (TPSA) is 79.0 Å². The summed E-state index contributed by atoms with van der Waals surface area (Å²) in [6, 6.07) is 13.3. The summed E-state index contributed by atoms with van der Waals surface area (Å²) in [6.07, 6.45) is 0. The molecule has 0 aliphatic heterocycles. The van der Waals surface area contributed by atoms with Crippen LogP contribution < -0.4 is 14.4 Å². The van der Waals surface area contributed by atoms with Crippen LogP contribution in [0.25, 0.3) is 0 Å². The molecular formula is C20H27N3O4S. The molecule has 2 aromatic rings. The maximum Gasteiger partial charge on any atom is 0.264 e. The lowest BCUT2D eigenvalue weighted by Crippen LogP contribution is -2.42. The van der Waals surface area contributed by atoms with Crippen LogP contribution in [0.4, 0.5) is 5.69 Å². The minimum absolute atomic E-state index is 0.107. The molecule has 2 rings (SSSR count). The lowest BCUT2D eigenvalue weighted by molar-refractivity contribution is -0.119. The number of para-hydroxylation sites is 1. The maximum absolute atomic E-state index is 13.3. The van der Waals surface area contributed by atoms with Crippen molar-refractivity contribution in [1.29, 1.82) is 0 Å². The van der Waals surface area contributed by atoms with Crippen molar-refractivity contribution in [2.24, 2.45) is 0 Å². The number of carbonyl (C=O) groups excluding carboxylic acids is 1. The van der Waals surface area contributed by atoms with Gasteiger partial charge in [0, 0.05) is 13.1 Å². The summed E-state index contributed by atoms with van der Waals surface area (Å²) in [5, 5.41) is 2.76. The molecule has 0 fully saturated rings. The molecule has 0 aliphatic rings. The molecule has 28 heavy (non-hydrogen) atoms. The zero-order valence-corrected chi connectivity index (χ0v) is 17.5. The van der Waals surface area contributed by atoms with Crippen molar-refractivity contribution in [3.05, 3.63) is 54.1 Å². The number of nitrogens with zero attached hydrogens (tertiary/aromatic N) is 2. The minimum atomic E-state index is -3.93. The van der Waals surface area contributed by atoms with E-state index in [-0.39, 0.29) is 17.3 Å². The van der Waals surface area contributed by atoms with Crippen molar-refractivity contribution in [3.8, 4) is 5.75 Å². The monoisotopic (exact) mass is 405 g/mol. The summed E-state index contributed by atoms with van der Waals surface area (Å²) in [7, 11) is 1.40. The number of benzene rings is 2. The molecule has 0 heterocycles. The summed E-state index contributed by atoms with van der Waals surface area (Å²) in [5.41, 5.74) is 1.13. The Morgan fingerprint density at radius 2 is 1.79 bits per heavy atom. The average Bonchev–Trinajstić information content (AvgIpc) is 2.66. The van der Waals surface area contributed by atoms with E-state index in [0.29, 0.717) is 30.1 Å². The third-order valence-corrected chi connectivity index (χ3v) is 5.94. The highest BCUT2D eigenvalue weighted by Gasteiger charge is 2.27. The predicted molar refractivity (Wildman–Crippen MR) is 110 cm³/mol. The SMILES string of the molecule is COc1ccc(S(=O)(=O)N(CC(=O)NCCN(C)C)c2ccccc2)cc1C. The number of nitrogens with one attached hydrogen (secondary N) is 1. The second-order valence-electron chi connectivity index (χ2n) is 6.63. The summed E-state index contributed by atoms with van der Waals surface area (Å²) < 4.78 is 32.9. The quantitative estimate of drug-likeness (QED) is 0.689. The molecule has 0 unspecified atom stereocenters. The molecule has 0 atom stereocenters. The number of rotatable bonds is 9. The normalized spacial score (nSPS) is 11.3. The van der Waals surface area contributed by atoms with Crippen molar-refractivity contribution in [2.75, 3.05) is 45.1 Å². The molecule has 1 amide bonds. The number of hydrogen-bond donors (Lipinski definition) is 1. The third-order valence-electron chi connectivity index (χ3n) is 4.17. The Morgan fingerprint density at radius 3 is 2.36 bits per heavy atom. The van der Waals surface area contributed by atoms with Crippen LogP contribution in [-0.4, -0.2) is 60.1 Å². The molecule has 0 aromatic heterocycles. The van der Waals surface area contributed by atoms with Crippen LogP contribution in [-0.2, 0) is 14.8 Å². The van der Waals surface area contributed by atoms with Gasteiger partial charge < -0.3 is 15.0 Å². The predicted octanol–water partition coefficient (Wildman–Crippen LogP) is 1.88. The Morgan fingerprint density at radius 1 is 1.11 bits per heavy atom. The fourth-order valence-corrected chi connectivity index (χ4v) is 4.16. The molecule has 7 nitrogen and oxygen atoms in total. The first-order valence-corrected chi connectivity index (χ1v) is 10.3. The smallest absolute Gasteiger partial charge is 0.264 e. The van der Waals surface area contributed by atoms with Crippen molar-refractivity contribution < 1.29 is 17.9 Å². The van der Waals surface area contributed by atoms with Crippen LogP contribution in [0.15, 0.2) is 53.4 Å². The molecule has 0 saturated heterocycles. The van der Waals surface area contributed by atoms with Crippen molar-refractivity contribution >= 4 is 21.6 Å². The van der Waals surface area contributed by atoms with Gasteiger partial charge in [-0.1, -0.05) is 18.2 Å². The molecule has 2 aromatic carbocycles. The second-order valence-corrected chi connectivity index (χ2v) is 8.49. The molecular weight excluding hydrogens is 378 g/mol. The highest BCUT2D eigenvalue weighted by molar-refractivity contribution is 7.92. The van der Waals surface area contributed by atoms with E-state index in [1.807, 2.05) is 19.0 Å². The van der Waals surface area contributed by atoms with Gasteiger partial charge in [-0.05, 0) is 56.9 Å². The van der Waals surface area contributed by atoms with Crippen LogP contribution in [0.5, 0.6) is 5.75 Å². The lowest BCUT2D eigenvalue weighted by atomic mass is 10.2. The van der Waals surface area contributed by atoms with E-state index in [9.17, 15) is 13.2 Å². The van der Waals surface area contributed by atoms with Gasteiger partial charge in [-0.15, -0.1) is 0 Å². The molecule has 0 radical (unpaired) electrons. The first-order chi connectivity index (χ1) is 13.3. The summed E-state index contributed by atoms with van der Waals surface area (Å²) in [4.78, 5) is 14.4. The highest BCUT2D eigenvalue weighted by Crippen LogP contribution is 2.27. The van der Waals surface area contributed by atoms with Crippen LogP contribution >= 0.6 is 0 Å². The molecule has 0 bridgehead atoms. The Bertz CT molecular complexity index is 899. The zero-order chi connectivity index (χ0) is 20.7. The number of ether oxygens (including phenoxy) is 1. The fraction of sp³-hybridized carbons (Fsp3) is 0.350. The largest absolute Gasteiger partial charge is 0.496 e. The first-order valence-electron chi connectivity index (χ1n) is 8.89. The second kappa shape index (κ2) is 9.57. The first kappa shape index (κ1) is 21.7. The van der Waals surface area contributed by atoms with Crippen LogP contribution in [0.1, 0.15) is 5.56 Å². The third kappa shape index (κ3) is 5.46. The van der Waals surface area contributed by atoms with Crippen molar-refractivity contribution in [1.82, 2.24) is 10.2 Å². The maximum atomic E-state index is 13.3. The van der Waals surface area contributed by atoms with E-state index in [2.05, 4.69) is 5.32 Å². The van der Waals surface area contributed by atoms with Crippen LogP contribution in [0.3, 0.4) is 0 Å². The number of aryl methyl sites for hydroxylation is 1. The van der Waals surface area contributed by atoms with Crippen molar-refractivity contribution in [3.63, 3.8) is 0 Å². The van der Waals surface area contributed by atoms with Gasteiger partial charge in [0.2, 0.25) is 5.91 Å². The number of amides is 1. The van der Waals surface area contributed by atoms with Gasteiger partial charge in [0.05, 0.1) is 17.7 Å². The number of methoxy groups -OCH3 is 1.